The van der Waals surface area contributed by atoms with Crippen LogP contribution in [0.25, 0.3) is 0 Å². The summed E-state index contributed by atoms with van der Waals surface area (Å²) in [5, 5.41) is 5.52. The van der Waals surface area contributed by atoms with E-state index in [0.717, 1.165) is 24.8 Å². The number of aromatic nitrogens is 3. The van der Waals surface area contributed by atoms with Crippen LogP contribution < -0.4 is 4.74 Å². The van der Waals surface area contributed by atoms with Crippen LogP contribution in [0.15, 0.2) is 55.1 Å². The summed E-state index contributed by atoms with van der Waals surface area (Å²) in [7, 11) is 0. The zero-order chi connectivity index (χ0) is 18.7. The van der Waals surface area contributed by atoms with E-state index in [0.29, 0.717) is 34.7 Å². The predicted octanol–water partition coefficient (Wildman–Crippen LogP) is 5.47. The van der Waals surface area contributed by atoms with Gasteiger partial charge in [0.1, 0.15) is 29.8 Å². The average molecular weight is 404 g/mol. The second kappa shape index (κ2) is 7.89. The highest BCUT2D eigenvalue weighted by molar-refractivity contribution is 6.31. The summed E-state index contributed by atoms with van der Waals surface area (Å²) >= 11 is 12.6. The minimum Gasteiger partial charge on any atom is -0.457 e. The molecule has 7 heteroatoms. The van der Waals surface area contributed by atoms with E-state index in [2.05, 4.69) is 10.1 Å². The first kappa shape index (κ1) is 18.3. The molecule has 0 saturated carbocycles. The molecule has 27 heavy (non-hydrogen) atoms. The highest BCUT2D eigenvalue weighted by atomic mass is 35.5. The van der Waals surface area contributed by atoms with Gasteiger partial charge < -0.3 is 9.47 Å². The number of rotatable bonds is 5. The van der Waals surface area contributed by atoms with Crippen molar-refractivity contribution in [2.45, 2.75) is 31.4 Å². The highest BCUT2D eigenvalue weighted by Gasteiger charge is 2.38. The van der Waals surface area contributed by atoms with Gasteiger partial charge >= 0.3 is 0 Å². The lowest BCUT2D eigenvalue weighted by molar-refractivity contribution is -0.0967. The summed E-state index contributed by atoms with van der Waals surface area (Å²) in [5.74, 6) is 1.37. The lowest BCUT2D eigenvalue weighted by atomic mass is 9.86. The van der Waals surface area contributed by atoms with Crippen molar-refractivity contribution in [3.63, 3.8) is 0 Å². The molecule has 1 unspecified atom stereocenters. The van der Waals surface area contributed by atoms with Crippen LogP contribution in [-0.2, 0) is 16.9 Å². The number of halogens is 2. The molecule has 1 fully saturated rings. The maximum absolute atomic E-state index is 6.66. The Morgan fingerprint density at radius 3 is 2.56 bits per heavy atom. The van der Waals surface area contributed by atoms with Gasteiger partial charge in [0.2, 0.25) is 0 Å². The molecule has 1 saturated heterocycles. The van der Waals surface area contributed by atoms with Crippen molar-refractivity contribution in [2.75, 3.05) is 6.61 Å². The van der Waals surface area contributed by atoms with E-state index in [-0.39, 0.29) is 0 Å². The van der Waals surface area contributed by atoms with Gasteiger partial charge in [0, 0.05) is 17.2 Å². The van der Waals surface area contributed by atoms with Crippen molar-refractivity contribution in [1.29, 1.82) is 0 Å². The smallest absolute Gasteiger partial charge is 0.137 e. The molecule has 1 atom stereocenters. The third kappa shape index (κ3) is 4.10. The van der Waals surface area contributed by atoms with Crippen LogP contribution in [0.1, 0.15) is 24.8 Å². The molecule has 3 aromatic rings. The Kier molecular flexibility index (Phi) is 5.34. The van der Waals surface area contributed by atoms with Gasteiger partial charge in [-0.05, 0) is 55.7 Å². The van der Waals surface area contributed by atoms with E-state index in [1.165, 1.54) is 6.33 Å². The molecule has 140 valence electrons. The molecule has 1 aliphatic heterocycles. The second-order valence-electron chi connectivity index (χ2n) is 6.59. The third-order valence-corrected chi connectivity index (χ3v) is 5.28. The van der Waals surface area contributed by atoms with Crippen molar-refractivity contribution >= 4 is 23.2 Å². The van der Waals surface area contributed by atoms with Gasteiger partial charge in [-0.25, -0.2) is 9.67 Å². The van der Waals surface area contributed by atoms with Crippen molar-refractivity contribution in [1.82, 2.24) is 14.8 Å². The molecular formula is C20H19Cl2N3O2. The third-order valence-electron chi connectivity index (χ3n) is 4.72. The van der Waals surface area contributed by atoms with Crippen LogP contribution in [0.5, 0.6) is 11.5 Å². The highest BCUT2D eigenvalue weighted by Crippen LogP contribution is 2.41. The first-order chi connectivity index (χ1) is 13.1. The summed E-state index contributed by atoms with van der Waals surface area (Å²) in [6, 6.07) is 12.9. The van der Waals surface area contributed by atoms with Gasteiger partial charge in [0.25, 0.3) is 0 Å². The monoisotopic (exact) mass is 403 g/mol. The SMILES string of the molecule is Clc1ccc(Oc2ccc(C3(Cn4cncn4)CCCCO3)c(Cl)c2)cc1. The van der Waals surface area contributed by atoms with Crippen LogP contribution in [0, 0.1) is 0 Å². The zero-order valence-corrected chi connectivity index (χ0v) is 16.2. The van der Waals surface area contributed by atoms with E-state index in [1.807, 2.05) is 30.3 Å². The molecule has 0 spiro atoms. The Morgan fingerprint density at radius 2 is 1.89 bits per heavy atom. The van der Waals surface area contributed by atoms with Crippen LogP contribution in [0.3, 0.4) is 0 Å². The van der Waals surface area contributed by atoms with Crippen LogP contribution in [0.4, 0.5) is 0 Å². The summed E-state index contributed by atoms with van der Waals surface area (Å²) < 4.78 is 13.9. The maximum atomic E-state index is 6.66. The van der Waals surface area contributed by atoms with Gasteiger partial charge in [-0.3, -0.25) is 0 Å². The molecule has 0 aliphatic carbocycles. The summed E-state index contributed by atoms with van der Waals surface area (Å²) in [6.45, 7) is 1.28. The second-order valence-corrected chi connectivity index (χ2v) is 7.43. The van der Waals surface area contributed by atoms with E-state index in [9.17, 15) is 0 Å². The van der Waals surface area contributed by atoms with E-state index < -0.39 is 5.60 Å². The average Bonchev–Trinajstić information content (AvgIpc) is 3.17. The van der Waals surface area contributed by atoms with E-state index >= 15 is 0 Å². The lowest BCUT2D eigenvalue weighted by Gasteiger charge is -2.38. The topological polar surface area (TPSA) is 49.2 Å². The van der Waals surface area contributed by atoms with Gasteiger partial charge in [-0.15, -0.1) is 0 Å². The Labute approximate surface area is 167 Å². The molecule has 0 amide bonds. The Bertz CT molecular complexity index is 892. The summed E-state index contributed by atoms with van der Waals surface area (Å²) in [5.41, 5.74) is 0.435. The van der Waals surface area contributed by atoms with Gasteiger partial charge in [0.05, 0.1) is 11.6 Å². The molecule has 0 radical (unpaired) electrons. The fourth-order valence-electron chi connectivity index (χ4n) is 3.42. The standard InChI is InChI=1S/C20H19Cl2N3O2/c21-15-3-5-16(6-4-15)27-17-7-8-18(19(22)11-17)20(9-1-2-10-26-20)12-25-14-23-13-24-25/h3-8,11,13-14H,1-2,9-10,12H2. The fraction of sp³-hybridized carbons (Fsp3) is 0.300. The van der Waals surface area contributed by atoms with Crippen LogP contribution in [0.2, 0.25) is 10.0 Å². The van der Waals surface area contributed by atoms with Crippen molar-refractivity contribution in [3.05, 3.63) is 70.7 Å². The van der Waals surface area contributed by atoms with Gasteiger partial charge in [-0.1, -0.05) is 29.3 Å². The quantitative estimate of drug-likeness (QED) is 0.566. The minimum atomic E-state index is -0.512. The normalized spacial score (nSPS) is 19.8. The largest absolute Gasteiger partial charge is 0.457 e. The van der Waals surface area contributed by atoms with E-state index in [1.54, 1.807) is 23.1 Å². The molecule has 0 N–H and O–H groups in total. The molecule has 2 heterocycles. The first-order valence-corrected chi connectivity index (χ1v) is 9.60. The van der Waals surface area contributed by atoms with E-state index in [4.69, 9.17) is 32.7 Å². The van der Waals surface area contributed by atoms with Gasteiger partial charge in [0.15, 0.2) is 0 Å². The van der Waals surface area contributed by atoms with Crippen LogP contribution in [-0.4, -0.2) is 21.4 Å². The molecular weight excluding hydrogens is 385 g/mol. The summed E-state index contributed by atoms with van der Waals surface area (Å²) in [6.07, 6.45) is 6.24. The first-order valence-electron chi connectivity index (χ1n) is 8.84. The Morgan fingerprint density at radius 1 is 1.07 bits per heavy atom. The maximum Gasteiger partial charge on any atom is 0.137 e. The fourth-order valence-corrected chi connectivity index (χ4v) is 3.89. The number of benzene rings is 2. The molecule has 2 aromatic carbocycles. The Hall–Kier alpha value is -2.08. The number of hydrogen-bond donors (Lipinski definition) is 0. The zero-order valence-electron chi connectivity index (χ0n) is 14.6. The molecule has 0 bridgehead atoms. The Balaban J connectivity index is 1.61. The molecule has 1 aliphatic rings. The van der Waals surface area contributed by atoms with Crippen molar-refractivity contribution in [2.24, 2.45) is 0 Å². The number of nitrogens with zero attached hydrogens (tertiary/aromatic N) is 3. The summed E-state index contributed by atoms with van der Waals surface area (Å²) in [4.78, 5) is 4.04. The predicted molar refractivity (Wildman–Crippen MR) is 104 cm³/mol. The van der Waals surface area contributed by atoms with Crippen LogP contribution >= 0.6 is 23.2 Å². The molecule has 4 rings (SSSR count). The molecule has 5 nitrogen and oxygen atoms in total. The number of hydrogen-bond acceptors (Lipinski definition) is 4. The number of ether oxygens (including phenoxy) is 2. The lowest BCUT2D eigenvalue weighted by Crippen LogP contribution is -2.38. The molecule has 1 aromatic heterocycles. The van der Waals surface area contributed by atoms with Gasteiger partial charge in [-0.2, -0.15) is 5.10 Å². The minimum absolute atomic E-state index is 0.512. The van der Waals surface area contributed by atoms with Crippen molar-refractivity contribution in [3.8, 4) is 11.5 Å². The van der Waals surface area contributed by atoms with Crippen molar-refractivity contribution < 1.29 is 9.47 Å².